The van der Waals surface area contributed by atoms with Crippen LogP contribution in [0.5, 0.6) is 0 Å². The summed E-state index contributed by atoms with van der Waals surface area (Å²) in [7, 11) is 0. The van der Waals surface area contributed by atoms with Crippen LogP contribution in [0.15, 0.2) is 30.3 Å². The highest BCUT2D eigenvalue weighted by molar-refractivity contribution is 7.99. The summed E-state index contributed by atoms with van der Waals surface area (Å²) in [5.74, 6) is 2.56. The van der Waals surface area contributed by atoms with Gasteiger partial charge in [-0.2, -0.15) is 11.8 Å². The molecule has 2 rings (SSSR count). The van der Waals surface area contributed by atoms with E-state index in [1.807, 2.05) is 0 Å². The second-order valence-electron chi connectivity index (χ2n) is 5.90. The quantitative estimate of drug-likeness (QED) is 0.871. The number of hydrogen-bond acceptors (Lipinski definition) is 2. The van der Waals surface area contributed by atoms with Gasteiger partial charge in [-0.25, -0.2) is 0 Å². The molecule has 2 heteroatoms. The van der Waals surface area contributed by atoms with Crippen molar-refractivity contribution in [3.05, 3.63) is 35.9 Å². The van der Waals surface area contributed by atoms with E-state index >= 15 is 0 Å². The van der Waals surface area contributed by atoms with Crippen molar-refractivity contribution < 1.29 is 0 Å². The summed E-state index contributed by atoms with van der Waals surface area (Å²) < 4.78 is 0. The first kappa shape index (κ1) is 14.0. The van der Waals surface area contributed by atoms with Crippen LogP contribution in [0.4, 0.5) is 0 Å². The number of hydrogen-bond donors (Lipinski definition) is 1. The summed E-state index contributed by atoms with van der Waals surface area (Å²) in [6.07, 6.45) is 2.47. The largest absolute Gasteiger partial charge is 0.306 e. The van der Waals surface area contributed by atoms with Crippen LogP contribution in [0.3, 0.4) is 0 Å². The fraction of sp³-hybridized carbons (Fsp3) is 0.625. The van der Waals surface area contributed by atoms with Crippen LogP contribution in [-0.2, 0) is 0 Å². The van der Waals surface area contributed by atoms with Gasteiger partial charge in [-0.05, 0) is 29.6 Å². The van der Waals surface area contributed by atoms with Gasteiger partial charge in [-0.1, -0.05) is 51.1 Å². The molecule has 1 nitrogen and oxygen atoms in total. The summed E-state index contributed by atoms with van der Waals surface area (Å²) in [6.45, 7) is 7.08. The zero-order chi connectivity index (χ0) is 13.0. The van der Waals surface area contributed by atoms with Gasteiger partial charge in [0.05, 0.1) is 0 Å². The Morgan fingerprint density at radius 1 is 1.33 bits per heavy atom. The molecule has 18 heavy (non-hydrogen) atoms. The van der Waals surface area contributed by atoms with E-state index in [0.717, 1.165) is 6.42 Å². The average Bonchev–Trinajstić information content (AvgIpc) is 2.38. The van der Waals surface area contributed by atoms with Crippen molar-refractivity contribution in [2.75, 3.05) is 11.5 Å². The van der Waals surface area contributed by atoms with Crippen molar-refractivity contribution in [2.24, 2.45) is 5.41 Å². The molecule has 1 N–H and O–H groups in total. The molecule has 1 aromatic rings. The average molecular weight is 263 g/mol. The lowest BCUT2D eigenvalue weighted by molar-refractivity contribution is 0.226. The van der Waals surface area contributed by atoms with Crippen LogP contribution >= 0.6 is 11.8 Å². The molecule has 1 aromatic carbocycles. The van der Waals surface area contributed by atoms with Crippen molar-refractivity contribution in [1.29, 1.82) is 0 Å². The minimum absolute atomic E-state index is 0.424. The summed E-state index contributed by atoms with van der Waals surface area (Å²) in [6, 6.07) is 12.0. The fourth-order valence-electron chi connectivity index (χ4n) is 2.59. The van der Waals surface area contributed by atoms with Crippen molar-refractivity contribution >= 4 is 11.8 Å². The zero-order valence-corrected chi connectivity index (χ0v) is 12.6. The Morgan fingerprint density at radius 3 is 2.67 bits per heavy atom. The molecule has 1 heterocycles. The van der Waals surface area contributed by atoms with E-state index in [1.165, 1.54) is 23.5 Å². The van der Waals surface area contributed by atoms with Gasteiger partial charge in [0.15, 0.2) is 0 Å². The number of rotatable bonds is 4. The van der Waals surface area contributed by atoms with Gasteiger partial charge in [0.1, 0.15) is 0 Å². The van der Waals surface area contributed by atoms with Crippen molar-refractivity contribution in [1.82, 2.24) is 5.32 Å². The Labute approximate surface area is 116 Å². The van der Waals surface area contributed by atoms with E-state index < -0.39 is 0 Å². The van der Waals surface area contributed by atoms with Gasteiger partial charge in [0.25, 0.3) is 0 Å². The number of benzene rings is 1. The van der Waals surface area contributed by atoms with E-state index in [9.17, 15) is 0 Å². The second-order valence-corrected chi connectivity index (χ2v) is 7.05. The van der Waals surface area contributed by atoms with E-state index in [1.54, 1.807) is 0 Å². The molecule has 0 radical (unpaired) electrons. The maximum Gasteiger partial charge on any atom is 0.0320 e. The monoisotopic (exact) mass is 263 g/mol. The number of thioether (sulfide) groups is 1. The lowest BCUT2D eigenvalue weighted by Gasteiger charge is -2.41. The van der Waals surface area contributed by atoms with Crippen molar-refractivity contribution in [3.63, 3.8) is 0 Å². The topological polar surface area (TPSA) is 12.0 Å². The van der Waals surface area contributed by atoms with Gasteiger partial charge >= 0.3 is 0 Å². The molecule has 100 valence electrons. The Morgan fingerprint density at radius 2 is 2.06 bits per heavy atom. The molecular formula is C16H25NS. The Bertz CT molecular complexity index is 361. The zero-order valence-electron chi connectivity index (χ0n) is 11.8. The minimum atomic E-state index is 0.424. The molecule has 1 saturated heterocycles. The lowest BCUT2D eigenvalue weighted by Crippen LogP contribution is -2.47. The van der Waals surface area contributed by atoms with Crippen LogP contribution in [0.25, 0.3) is 0 Å². The number of nitrogens with one attached hydrogen (secondary N) is 1. The first-order chi connectivity index (χ1) is 8.63. The fourth-order valence-corrected chi connectivity index (χ4v) is 4.21. The maximum absolute atomic E-state index is 3.89. The molecule has 0 amide bonds. The molecule has 0 aromatic heterocycles. The van der Waals surface area contributed by atoms with E-state index in [0.29, 0.717) is 17.5 Å². The molecule has 2 unspecified atom stereocenters. The predicted molar refractivity (Wildman–Crippen MR) is 82.1 cm³/mol. The Kier molecular flexibility index (Phi) is 4.74. The third-order valence-electron chi connectivity index (χ3n) is 4.13. The summed E-state index contributed by atoms with van der Waals surface area (Å²) in [5.41, 5.74) is 1.85. The summed E-state index contributed by atoms with van der Waals surface area (Å²) >= 11 is 2.09. The van der Waals surface area contributed by atoms with Crippen LogP contribution in [0, 0.1) is 5.41 Å². The van der Waals surface area contributed by atoms with Crippen molar-refractivity contribution in [2.45, 2.75) is 45.7 Å². The Balaban J connectivity index is 2.06. The molecule has 0 aliphatic carbocycles. The van der Waals surface area contributed by atoms with E-state index in [4.69, 9.17) is 0 Å². The standard InChI is InChI=1S/C16H25NS/c1-4-14(13-8-6-5-7-9-13)17-15-12-18-11-10-16(15,2)3/h5-9,14-15,17H,4,10-12H2,1-3H3. The summed E-state index contributed by atoms with van der Waals surface area (Å²) in [5, 5.41) is 3.89. The molecule has 0 spiro atoms. The summed E-state index contributed by atoms with van der Waals surface area (Å²) in [4.78, 5) is 0. The third kappa shape index (κ3) is 3.30. The molecule has 1 aliphatic heterocycles. The first-order valence-electron chi connectivity index (χ1n) is 7.02. The Hall–Kier alpha value is -0.470. The molecule has 0 bridgehead atoms. The van der Waals surface area contributed by atoms with Gasteiger partial charge in [-0.3, -0.25) is 0 Å². The molecular weight excluding hydrogens is 238 g/mol. The predicted octanol–water partition coefficient (Wildman–Crippen LogP) is 4.26. The second kappa shape index (κ2) is 6.12. The van der Waals surface area contributed by atoms with Crippen LogP contribution in [0.1, 0.15) is 45.2 Å². The van der Waals surface area contributed by atoms with E-state index in [2.05, 4.69) is 68.2 Å². The van der Waals surface area contributed by atoms with Gasteiger partial charge in [0, 0.05) is 17.8 Å². The minimum Gasteiger partial charge on any atom is -0.306 e. The third-order valence-corrected chi connectivity index (χ3v) is 5.19. The van der Waals surface area contributed by atoms with E-state index in [-0.39, 0.29) is 0 Å². The maximum atomic E-state index is 3.89. The molecule has 1 fully saturated rings. The highest BCUT2D eigenvalue weighted by Gasteiger charge is 2.33. The van der Waals surface area contributed by atoms with Gasteiger partial charge in [-0.15, -0.1) is 0 Å². The van der Waals surface area contributed by atoms with Gasteiger partial charge < -0.3 is 5.32 Å². The van der Waals surface area contributed by atoms with Crippen LogP contribution < -0.4 is 5.32 Å². The SMILES string of the molecule is CCC(NC1CSCCC1(C)C)c1ccccc1. The van der Waals surface area contributed by atoms with Crippen LogP contribution in [0.2, 0.25) is 0 Å². The molecule has 2 atom stereocenters. The highest BCUT2D eigenvalue weighted by atomic mass is 32.2. The molecule has 0 saturated carbocycles. The van der Waals surface area contributed by atoms with Crippen LogP contribution in [-0.4, -0.2) is 17.5 Å². The molecule has 1 aliphatic rings. The lowest BCUT2D eigenvalue weighted by atomic mass is 9.81. The normalized spacial score (nSPS) is 24.7. The van der Waals surface area contributed by atoms with Gasteiger partial charge in [0.2, 0.25) is 0 Å². The first-order valence-corrected chi connectivity index (χ1v) is 8.17. The smallest absolute Gasteiger partial charge is 0.0320 e. The van der Waals surface area contributed by atoms with Crippen molar-refractivity contribution in [3.8, 4) is 0 Å². The highest BCUT2D eigenvalue weighted by Crippen LogP contribution is 2.35.